The molecule has 1 unspecified atom stereocenters. The zero-order valence-corrected chi connectivity index (χ0v) is 9.81. The van der Waals surface area contributed by atoms with Crippen molar-refractivity contribution in [2.75, 3.05) is 7.11 Å². The number of hydrogen-bond acceptors (Lipinski definition) is 4. The quantitative estimate of drug-likeness (QED) is 0.759. The first-order valence-corrected chi connectivity index (χ1v) is 4.96. The maximum absolute atomic E-state index is 5.74. The molecule has 6 heteroatoms. The maximum atomic E-state index is 5.74. The van der Waals surface area contributed by atoms with E-state index in [0.29, 0.717) is 27.7 Å². The molecule has 0 bridgehead atoms. The first-order valence-electron chi connectivity index (χ1n) is 4.11. The fraction of sp³-hybridized carbons (Fsp3) is 0.111. The lowest BCUT2D eigenvalue weighted by Gasteiger charge is -2.07. The summed E-state index contributed by atoms with van der Waals surface area (Å²) in [5.74, 6) is 1.18. The molecule has 0 spiro atoms. The van der Waals surface area contributed by atoms with E-state index in [1.54, 1.807) is 19.2 Å². The average Bonchev–Trinajstić information content (AvgIpc) is 2.27. The summed E-state index contributed by atoms with van der Waals surface area (Å²) in [6.45, 7) is 0. The van der Waals surface area contributed by atoms with E-state index in [2.05, 4.69) is 19.4 Å². The van der Waals surface area contributed by atoms with Gasteiger partial charge in [0.25, 0.3) is 0 Å². The Hall–Kier alpha value is -1.12. The zero-order valence-electron chi connectivity index (χ0n) is 7.90. The van der Waals surface area contributed by atoms with Gasteiger partial charge in [-0.3, -0.25) is 4.98 Å². The molecule has 0 saturated carbocycles. The van der Waals surface area contributed by atoms with E-state index in [-0.39, 0.29) is 0 Å². The molecule has 4 nitrogen and oxygen atoms in total. The minimum Gasteiger partial charge on any atom is -0.493 e. The van der Waals surface area contributed by atoms with Crippen LogP contribution in [0.1, 0.15) is 0 Å². The van der Waals surface area contributed by atoms with E-state index in [1.165, 1.54) is 6.20 Å². The Balaban J connectivity index is 2.69. The Morgan fingerprint density at radius 1 is 1.27 bits per heavy atom. The summed E-state index contributed by atoms with van der Waals surface area (Å²) in [6.07, 6.45) is 1.49. The Bertz CT molecular complexity index is 507. The molecule has 0 amide bonds. The van der Waals surface area contributed by atoms with Gasteiger partial charge in [0, 0.05) is 12.1 Å². The molecule has 2 aromatic rings. The number of nitrogens with zero attached hydrogens (tertiary/aromatic N) is 2. The van der Waals surface area contributed by atoms with Crippen molar-refractivity contribution in [3.8, 4) is 11.5 Å². The second-order valence-corrected chi connectivity index (χ2v) is 3.43. The number of aromatic nitrogens is 2. The third-order valence-electron chi connectivity index (χ3n) is 1.93. The van der Waals surface area contributed by atoms with Crippen LogP contribution in [0.15, 0.2) is 18.3 Å². The fourth-order valence-corrected chi connectivity index (χ4v) is 1.57. The van der Waals surface area contributed by atoms with Gasteiger partial charge in [0.15, 0.2) is 11.5 Å². The molecule has 0 saturated heterocycles. The Morgan fingerprint density at radius 3 is 2.67 bits per heavy atom. The molecule has 78 valence electrons. The molecule has 0 radical (unpaired) electrons. The monoisotopic (exact) mass is 242 g/mol. The number of hydrogen-bond donors (Lipinski definition) is 0. The van der Waals surface area contributed by atoms with Crippen LogP contribution in [0.25, 0.3) is 11.0 Å². The van der Waals surface area contributed by atoms with Crippen LogP contribution in [-0.2, 0) is 0 Å². The highest BCUT2D eigenvalue weighted by atomic mass is 35.5. The van der Waals surface area contributed by atoms with Crippen molar-refractivity contribution in [2.24, 2.45) is 0 Å². The summed E-state index contributed by atoms with van der Waals surface area (Å²) < 4.78 is 10.2. The van der Waals surface area contributed by atoms with E-state index in [4.69, 9.17) is 20.9 Å². The van der Waals surface area contributed by atoms with Crippen LogP contribution in [0.3, 0.4) is 0 Å². The number of halogens is 1. The summed E-state index contributed by atoms with van der Waals surface area (Å²) in [6, 6.07) is 3.47. The third kappa shape index (κ3) is 1.96. The fourth-order valence-electron chi connectivity index (χ4n) is 1.25. The van der Waals surface area contributed by atoms with Crippen LogP contribution in [-0.4, -0.2) is 17.1 Å². The third-order valence-corrected chi connectivity index (χ3v) is 2.36. The van der Waals surface area contributed by atoms with Crippen LogP contribution < -0.4 is 9.26 Å². The lowest BCUT2D eigenvalue weighted by molar-refractivity contribution is 0.400. The van der Waals surface area contributed by atoms with Crippen LogP contribution >= 0.6 is 21.1 Å². The highest BCUT2D eigenvalue weighted by Crippen LogP contribution is 2.32. The molecule has 1 aromatic carbocycles. The SMILES string of the molecule is COc1cc2nc(Cl)cnc2cc1OP. The second-order valence-electron chi connectivity index (χ2n) is 2.80. The topological polar surface area (TPSA) is 44.2 Å². The second kappa shape index (κ2) is 4.17. The number of fused-ring (bicyclic) bond motifs is 1. The van der Waals surface area contributed by atoms with Gasteiger partial charge < -0.3 is 9.26 Å². The molecule has 0 aliphatic rings. The summed E-state index contributed by atoms with van der Waals surface area (Å²) in [5, 5.41) is 0.351. The molecule has 0 aliphatic carbocycles. The summed E-state index contributed by atoms with van der Waals surface area (Å²) in [7, 11) is 3.72. The van der Waals surface area contributed by atoms with Gasteiger partial charge in [0.2, 0.25) is 0 Å². The van der Waals surface area contributed by atoms with Crippen LogP contribution in [0.4, 0.5) is 0 Å². The highest BCUT2D eigenvalue weighted by molar-refractivity contribution is 7.10. The molecule has 2 rings (SSSR count). The summed E-state index contributed by atoms with van der Waals surface area (Å²) >= 11 is 5.74. The molecule has 1 heterocycles. The van der Waals surface area contributed by atoms with Gasteiger partial charge in [-0.1, -0.05) is 11.6 Å². The van der Waals surface area contributed by atoms with Crippen LogP contribution in [0.5, 0.6) is 11.5 Å². The number of rotatable bonds is 2. The molecule has 0 N–H and O–H groups in total. The van der Waals surface area contributed by atoms with E-state index >= 15 is 0 Å². The predicted molar refractivity (Wildman–Crippen MR) is 61.4 cm³/mol. The van der Waals surface area contributed by atoms with Gasteiger partial charge >= 0.3 is 0 Å². The van der Waals surface area contributed by atoms with Crippen molar-refractivity contribution in [3.63, 3.8) is 0 Å². The van der Waals surface area contributed by atoms with Gasteiger partial charge in [-0.05, 0) is 0 Å². The van der Waals surface area contributed by atoms with Gasteiger partial charge in [-0.25, -0.2) is 4.98 Å². The summed E-state index contributed by atoms with van der Waals surface area (Å²) in [4.78, 5) is 8.25. The van der Waals surface area contributed by atoms with Gasteiger partial charge in [0.1, 0.15) is 5.15 Å². The lowest BCUT2D eigenvalue weighted by atomic mass is 10.2. The van der Waals surface area contributed by atoms with E-state index in [9.17, 15) is 0 Å². The van der Waals surface area contributed by atoms with Crippen molar-refractivity contribution >= 4 is 32.1 Å². The Kier molecular flexibility index (Phi) is 2.89. The molecular formula is C9H8ClN2O2P. The van der Waals surface area contributed by atoms with Gasteiger partial charge in [0.05, 0.1) is 33.8 Å². The first kappa shape index (κ1) is 10.4. The minimum absolute atomic E-state index is 0.351. The summed E-state index contributed by atoms with van der Waals surface area (Å²) in [5.41, 5.74) is 1.38. The normalized spacial score (nSPS) is 10.3. The highest BCUT2D eigenvalue weighted by Gasteiger charge is 2.07. The smallest absolute Gasteiger partial charge is 0.166 e. The van der Waals surface area contributed by atoms with Crippen molar-refractivity contribution in [2.45, 2.75) is 0 Å². The largest absolute Gasteiger partial charge is 0.493 e. The van der Waals surface area contributed by atoms with E-state index in [0.717, 1.165) is 0 Å². The van der Waals surface area contributed by atoms with Crippen LogP contribution in [0, 0.1) is 0 Å². The molecular weight excluding hydrogens is 235 g/mol. The minimum atomic E-state index is 0.351. The van der Waals surface area contributed by atoms with Crippen LogP contribution in [0.2, 0.25) is 5.15 Å². The maximum Gasteiger partial charge on any atom is 0.166 e. The molecule has 1 aromatic heterocycles. The van der Waals surface area contributed by atoms with E-state index < -0.39 is 0 Å². The Labute approximate surface area is 93.9 Å². The van der Waals surface area contributed by atoms with Gasteiger partial charge in [-0.15, -0.1) is 0 Å². The van der Waals surface area contributed by atoms with Crippen molar-refractivity contribution < 1.29 is 9.26 Å². The average molecular weight is 243 g/mol. The number of methoxy groups -OCH3 is 1. The molecule has 0 fully saturated rings. The zero-order chi connectivity index (χ0) is 10.8. The predicted octanol–water partition coefficient (Wildman–Crippen LogP) is 2.46. The molecule has 1 atom stereocenters. The van der Waals surface area contributed by atoms with Crippen molar-refractivity contribution in [1.82, 2.24) is 9.97 Å². The standard InChI is InChI=1S/C9H8ClN2O2P/c1-13-7-3-6-5(2-8(7)14-15)11-4-9(10)12-6/h2-4H,15H2,1H3. The molecule has 15 heavy (non-hydrogen) atoms. The molecule has 0 aliphatic heterocycles. The Morgan fingerprint density at radius 2 is 2.00 bits per heavy atom. The van der Waals surface area contributed by atoms with Crippen molar-refractivity contribution in [1.29, 1.82) is 0 Å². The lowest BCUT2D eigenvalue weighted by Crippen LogP contribution is -1.90. The van der Waals surface area contributed by atoms with Gasteiger partial charge in [-0.2, -0.15) is 0 Å². The number of ether oxygens (including phenoxy) is 1. The number of benzene rings is 1. The van der Waals surface area contributed by atoms with E-state index in [1.807, 2.05) is 0 Å². The first-order chi connectivity index (χ1) is 7.24. The van der Waals surface area contributed by atoms with Crippen molar-refractivity contribution in [3.05, 3.63) is 23.5 Å².